The standard InChI is InChI=1S/C17H26ClN3O2/c1-13(22)12-20-7-9-21(10-8-20)14(2)17(23)19-11-15-3-5-16(18)6-4-15/h3-6,13-14,22H,7-12H2,1-2H3,(H,19,23)/t13-,14-/m1/s1. The minimum absolute atomic E-state index is 0.0453. The molecule has 1 fully saturated rings. The number of halogens is 1. The van der Waals surface area contributed by atoms with Crippen molar-refractivity contribution in [2.45, 2.75) is 32.5 Å². The van der Waals surface area contributed by atoms with Crippen LogP contribution in [0.4, 0.5) is 0 Å². The predicted octanol–water partition coefficient (Wildman–Crippen LogP) is 1.34. The van der Waals surface area contributed by atoms with Crippen molar-refractivity contribution in [2.24, 2.45) is 0 Å². The van der Waals surface area contributed by atoms with Gasteiger partial charge in [0.1, 0.15) is 0 Å². The van der Waals surface area contributed by atoms with Crippen molar-refractivity contribution >= 4 is 17.5 Å². The first kappa shape index (κ1) is 18.2. The third-order valence-electron chi connectivity index (χ3n) is 4.24. The van der Waals surface area contributed by atoms with E-state index >= 15 is 0 Å². The number of nitrogens with one attached hydrogen (secondary N) is 1. The number of amides is 1. The molecule has 1 aromatic carbocycles. The Kier molecular flexibility index (Phi) is 6.84. The number of hydrogen-bond acceptors (Lipinski definition) is 4. The van der Waals surface area contributed by atoms with Crippen LogP contribution >= 0.6 is 11.6 Å². The lowest BCUT2D eigenvalue weighted by molar-refractivity contribution is -0.126. The molecule has 0 radical (unpaired) electrons. The average molecular weight is 340 g/mol. The lowest BCUT2D eigenvalue weighted by Crippen LogP contribution is -2.54. The summed E-state index contributed by atoms with van der Waals surface area (Å²) in [7, 11) is 0. The molecule has 0 bridgehead atoms. The van der Waals surface area contributed by atoms with Gasteiger partial charge in [-0.25, -0.2) is 0 Å². The number of benzene rings is 1. The first-order valence-electron chi connectivity index (χ1n) is 8.12. The van der Waals surface area contributed by atoms with Gasteiger partial charge in [0.2, 0.25) is 5.91 Å². The zero-order valence-corrected chi connectivity index (χ0v) is 14.6. The first-order chi connectivity index (χ1) is 11.0. The van der Waals surface area contributed by atoms with Crippen molar-refractivity contribution in [3.05, 3.63) is 34.9 Å². The summed E-state index contributed by atoms with van der Waals surface area (Å²) in [5.74, 6) is 0.0453. The summed E-state index contributed by atoms with van der Waals surface area (Å²) in [5, 5.41) is 13.1. The van der Waals surface area contributed by atoms with Crippen LogP contribution in [0.3, 0.4) is 0 Å². The minimum atomic E-state index is -0.304. The lowest BCUT2D eigenvalue weighted by atomic mass is 10.2. The zero-order valence-electron chi connectivity index (χ0n) is 13.8. The fourth-order valence-electron chi connectivity index (χ4n) is 2.81. The number of rotatable bonds is 6. The summed E-state index contributed by atoms with van der Waals surface area (Å²) in [5.41, 5.74) is 1.04. The van der Waals surface area contributed by atoms with Crippen molar-refractivity contribution in [1.29, 1.82) is 0 Å². The number of aliphatic hydroxyl groups is 1. The molecule has 1 aromatic rings. The Balaban J connectivity index is 1.75. The molecular formula is C17H26ClN3O2. The maximum atomic E-state index is 12.3. The summed E-state index contributed by atoms with van der Waals surface area (Å²) in [6.45, 7) is 8.44. The number of carbonyl (C=O) groups is 1. The molecule has 1 aliphatic rings. The highest BCUT2D eigenvalue weighted by Crippen LogP contribution is 2.10. The first-order valence-corrected chi connectivity index (χ1v) is 8.50. The van der Waals surface area contributed by atoms with Crippen molar-refractivity contribution in [1.82, 2.24) is 15.1 Å². The van der Waals surface area contributed by atoms with Crippen LogP contribution in [0.25, 0.3) is 0 Å². The van der Waals surface area contributed by atoms with Crippen LogP contribution in [0, 0.1) is 0 Å². The number of nitrogens with zero attached hydrogens (tertiary/aromatic N) is 2. The van der Waals surface area contributed by atoms with Crippen molar-refractivity contribution in [3.8, 4) is 0 Å². The van der Waals surface area contributed by atoms with Crippen LogP contribution in [0.2, 0.25) is 5.02 Å². The van der Waals surface area contributed by atoms with Crippen LogP contribution < -0.4 is 5.32 Å². The number of hydrogen-bond donors (Lipinski definition) is 2. The van der Waals surface area contributed by atoms with Crippen molar-refractivity contribution in [2.75, 3.05) is 32.7 Å². The van der Waals surface area contributed by atoms with Gasteiger partial charge in [0.05, 0.1) is 12.1 Å². The van der Waals surface area contributed by atoms with Crippen LogP contribution in [-0.2, 0) is 11.3 Å². The second-order valence-electron chi connectivity index (χ2n) is 6.21. The quantitative estimate of drug-likeness (QED) is 0.821. The molecule has 1 saturated heterocycles. The second kappa shape index (κ2) is 8.64. The second-order valence-corrected chi connectivity index (χ2v) is 6.64. The maximum absolute atomic E-state index is 12.3. The number of piperazine rings is 1. The Morgan fingerprint density at radius 1 is 1.22 bits per heavy atom. The molecule has 1 amide bonds. The molecular weight excluding hydrogens is 314 g/mol. The number of aliphatic hydroxyl groups excluding tert-OH is 1. The molecule has 2 N–H and O–H groups in total. The van der Waals surface area contributed by atoms with Crippen LogP contribution in [0.5, 0.6) is 0 Å². The Morgan fingerprint density at radius 2 is 1.83 bits per heavy atom. The maximum Gasteiger partial charge on any atom is 0.237 e. The van der Waals surface area contributed by atoms with Gasteiger partial charge in [-0.15, -0.1) is 0 Å². The SMILES string of the molecule is C[C@H](C(=O)NCc1ccc(Cl)cc1)N1CCN(C[C@@H](C)O)CC1. The Bertz CT molecular complexity index is 499. The molecule has 0 spiro atoms. The molecule has 23 heavy (non-hydrogen) atoms. The van der Waals surface area contributed by atoms with Crippen molar-refractivity contribution in [3.63, 3.8) is 0 Å². The van der Waals surface area contributed by atoms with Gasteiger partial charge in [-0.05, 0) is 31.5 Å². The van der Waals surface area contributed by atoms with Gasteiger partial charge in [0.15, 0.2) is 0 Å². The third-order valence-corrected chi connectivity index (χ3v) is 4.49. The average Bonchev–Trinajstić information content (AvgIpc) is 2.53. The Labute approximate surface area is 143 Å². The summed E-state index contributed by atoms with van der Waals surface area (Å²) in [6, 6.07) is 7.35. The van der Waals surface area contributed by atoms with Gasteiger partial charge in [-0.1, -0.05) is 23.7 Å². The van der Waals surface area contributed by atoms with Gasteiger partial charge >= 0.3 is 0 Å². The highest BCUT2D eigenvalue weighted by molar-refractivity contribution is 6.30. The highest BCUT2D eigenvalue weighted by atomic mass is 35.5. The highest BCUT2D eigenvalue weighted by Gasteiger charge is 2.25. The molecule has 6 heteroatoms. The summed E-state index contributed by atoms with van der Waals surface area (Å²) in [4.78, 5) is 16.7. The Morgan fingerprint density at radius 3 is 2.39 bits per heavy atom. The summed E-state index contributed by atoms with van der Waals surface area (Å²) in [6.07, 6.45) is -0.304. The molecule has 1 heterocycles. The molecule has 2 rings (SSSR count). The number of carbonyl (C=O) groups excluding carboxylic acids is 1. The molecule has 0 saturated carbocycles. The Hall–Kier alpha value is -1.14. The van der Waals surface area contributed by atoms with E-state index in [1.807, 2.05) is 31.2 Å². The van der Waals surface area contributed by atoms with E-state index in [0.717, 1.165) is 31.7 Å². The largest absolute Gasteiger partial charge is 0.392 e. The predicted molar refractivity (Wildman–Crippen MR) is 92.5 cm³/mol. The van der Waals surface area contributed by atoms with Gasteiger partial charge in [-0.3, -0.25) is 14.6 Å². The van der Waals surface area contributed by atoms with Gasteiger partial charge in [0, 0.05) is 44.3 Å². The molecule has 0 aromatic heterocycles. The normalized spacial score (nSPS) is 19.3. The van der Waals surface area contributed by atoms with Crippen molar-refractivity contribution < 1.29 is 9.90 Å². The lowest BCUT2D eigenvalue weighted by Gasteiger charge is -2.37. The van der Waals surface area contributed by atoms with Gasteiger partial charge < -0.3 is 10.4 Å². The summed E-state index contributed by atoms with van der Waals surface area (Å²) < 4.78 is 0. The summed E-state index contributed by atoms with van der Waals surface area (Å²) >= 11 is 5.86. The van der Waals surface area contributed by atoms with Crippen LogP contribution in [-0.4, -0.2) is 65.7 Å². The van der Waals surface area contributed by atoms with E-state index in [1.165, 1.54) is 0 Å². The van der Waals surface area contributed by atoms with E-state index in [-0.39, 0.29) is 18.1 Å². The van der Waals surface area contributed by atoms with E-state index in [2.05, 4.69) is 15.1 Å². The molecule has 1 aliphatic heterocycles. The molecule has 0 unspecified atom stereocenters. The fraction of sp³-hybridized carbons (Fsp3) is 0.588. The van der Waals surface area contributed by atoms with E-state index in [9.17, 15) is 9.90 Å². The van der Waals surface area contributed by atoms with E-state index in [1.54, 1.807) is 6.92 Å². The van der Waals surface area contributed by atoms with Gasteiger partial charge in [0.25, 0.3) is 0 Å². The molecule has 2 atom stereocenters. The van der Waals surface area contributed by atoms with Gasteiger partial charge in [-0.2, -0.15) is 0 Å². The monoisotopic (exact) mass is 339 g/mol. The minimum Gasteiger partial charge on any atom is -0.392 e. The van der Waals surface area contributed by atoms with E-state index in [4.69, 9.17) is 11.6 Å². The van der Waals surface area contributed by atoms with Crippen LogP contribution in [0.15, 0.2) is 24.3 Å². The molecule has 128 valence electrons. The third kappa shape index (κ3) is 5.77. The van der Waals surface area contributed by atoms with E-state index in [0.29, 0.717) is 18.1 Å². The topological polar surface area (TPSA) is 55.8 Å². The molecule has 0 aliphatic carbocycles. The number of β-amino-alcohol motifs (C(OH)–C–C–N with tert-alkyl or cyclic N) is 1. The zero-order chi connectivity index (χ0) is 16.8. The van der Waals surface area contributed by atoms with Crippen LogP contribution in [0.1, 0.15) is 19.4 Å². The fourth-order valence-corrected chi connectivity index (χ4v) is 2.94. The smallest absolute Gasteiger partial charge is 0.237 e. The van der Waals surface area contributed by atoms with E-state index < -0.39 is 0 Å². The molecule has 5 nitrogen and oxygen atoms in total.